The van der Waals surface area contributed by atoms with Gasteiger partial charge >= 0.3 is 0 Å². The predicted octanol–water partition coefficient (Wildman–Crippen LogP) is 2.54. The molecule has 1 unspecified atom stereocenters. The monoisotopic (exact) mass is 413 g/mol. The quantitative estimate of drug-likeness (QED) is 0.796. The van der Waals surface area contributed by atoms with Crippen LogP contribution < -0.4 is 11.1 Å². The second-order valence-electron chi connectivity index (χ2n) is 7.42. The fraction of sp³-hybridized carbons (Fsp3) is 0.579. The van der Waals surface area contributed by atoms with E-state index in [4.69, 9.17) is 22.1 Å². The van der Waals surface area contributed by atoms with Crippen LogP contribution in [0.15, 0.2) is 18.2 Å². The Morgan fingerprint density at radius 3 is 2.67 bits per heavy atom. The summed E-state index contributed by atoms with van der Waals surface area (Å²) in [5, 5.41) is 3.56. The average molecular weight is 414 g/mol. The lowest BCUT2D eigenvalue weighted by Crippen LogP contribution is -2.45. The number of nitrogens with two attached hydrogens (primary N) is 1. The van der Waals surface area contributed by atoms with Gasteiger partial charge in [0.05, 0.1) is 12.0 Å². The number of benzene rings is 1. The maximum absolute atomic E-state index is 12.7. The number of nitrogens with zero attached hydrogens (tertiary/aromatic N) is 1. The molecular weight excluding hydrogens is 389 g/mol. The first kappa shape index (κ1) is 20.4. The molecule has 0 bridgehead atoms. The molecule has 2 amide bonds. The number of likely N-dealkylation sites (tertiary alicyclic amines) is 1. The number of fused-ring (bicyclic) bond motifs is 1. The number of piperidine rings is 1. The van der Waals surface area contributed by atoms with E-state index >= 15 is 0 Å². The van der Waals surface area contributed by atoms with Gasteiger partial charge in [-0.3, -0.25) is 9.59 Å². The Balaban J connectivity index is 0.00000210. The largest absolute Gasteiger partial charge is 0.364 e. The van der Waals surface area contributed by atoms with E-state index in [1.165, 1.54) is 0 Å². The highest BCUT2D eigenvalue weighted by Crippen LogP contribution is 2.42. The van der Waals surface area contributed by atoms with E-state index < -0.39 is 0 Å². The molecule has 2 fully saturated rings. The highest BCUT2D eigenvalue weighted by Gasteiger charge is 2.40. The highest BCUT2D eigenvalue weighted by molar-refractivity contribution is 6.31. The first-order chi connectivity index (χ1) is 12.6. The van der Waals surface area contributed by atoms with Crippen LogP contribution in [0.3, 0.4) is 0 Å². The Bertz CT molecular complexity index is 722. The average Bonchev–Trinajstić information content (AvgIpc) is 3.24. The number of hydrogen-bond donors (Lipinski definition) is 2. The maximum atomic E-state index is 12.7. The lowest BCUT2D eigenvalue weighted by atomic mass is 9.80. The zero-order valence-corrected chi connectivity index (χ0v) is 16.6. The Kier molecular flexibility index (Phi) is 6.31. The smallest absolute Gasteiger partial charge is 0.251 e. The van der Waals surface area contributed by atoms with Gasteiger partial charge in [0.25, 0.3) is 5.91 Å². The summed E-state index contributed by atoms with van der Waals surface area (Å²) in [5.41, 5.74) is 7.47. The van der Waals surface area contributed by atoms with Gasteiger partial charge in [-0.2, -0.15) is 0 Å². The number of halogens is 2. The van der Waals surface area contributed by atoms with Crippen LogP contribution in [0, 0.1) is 5.92 Å². The SMILES string of the molecule is Cl.NC[C@H]1CC[C@@H](C(=O)N2CCC(C3C(=O)Nc4cc(Cl)ccc43)CC2)O1. The zero-order valence-electron chi connectivity index (χ0n) is 15.0. The second kappa shape index (κ2) is 8.35. The van der Waals surface area contributed by atoms with E-state index in [0.717, 1.165) is 36.9 Å². The summed E-state index contributed by atoms with van der Waals surface area (Å²) >= 11 is 6.03. The predicted molar refractivity (Wildman–Crippen MR) is 106 cm³/mol. The fourth-order valence-electron chi connectivity index (χ4n) is 4.45. The number of nitrogens with one attached hydrogen (secondary N) is 1. The Morgan fingerprint density at radius 1 is 1.26 bits per heavy atom. The standard InChI is InChI=1S/C19H24ClN3O3.ClH/c20-12-1-3-14-15(9-12)22-18(24)17(14)11-5-7-23(8-6-11)19(25)16-4-2-13(10-21)26-16;/h1,3,9,11,13,16-17H,2,4-8,10,21H2,(H,22,24);1H/t13-,16+,17?;/m1./s1. The number of rotatable bonds is 3. The van der Waals surface area contributed by atoms with Crippen molar-refractivity contribution < 1.29 is 14.3 Å². The Labute approximate surface area is 170 Å². The van der Waals surface area contributed by atoms with Gasteiger partial charge in [-0.1, -0.05) is 17.7 Å². The van der Waals surface area contributed by atoms with Crippen LogP contribution in [0.4, 0.5) is 5.69 Å². The van der Waals surface area contributed by atoms with Crippen LogP contribution in [0.2, 0.25) is 5.02 Å². The summed E-state index contributed by atoms with van der Waals surface area (Å²) < 4.78 is 5.73. The maximum Gasteiger partial charge on any atom is 0.251 e. The normalized spacial score (nSPS) is 27.9. The van der Waals surface area contributed by atoms with Crippen molar-refractivity contribution in [3.63, 3.8) is 0 Å². The number of anilines is 1. The molecule has 3 aliphatic heterocycles. The number of amides is 2. The van der Waals surface area contributed by atoms with Gasteiger partial charge in [0.1, 0.15) is 6.10 Å². The van der Waals surface area contributed by atoms with Crippen molar-refractivity contribution in [2.24, 2.45) is 11.7 Å². The summed E-state index contributed by atoms with van der Waals surface area (Å²) in [7, 11) is 0. The molecule has 1 aromatic carbocycles. The molecule has 3 aliphatic rings. The summed E-state index contributed by atoms with van der Waals surface area (Å²) in [4.78, 5) is 27.0. The van der Waals surface area contributed by atoms with Crippen LogP contribution in [-0.4, -0.2) is 48.6 Å². The molecule has 148 valence electrons. The molecule has 8 heteroatoms. The minimum Gasteiger partial charge on any atom is -0.364 e. The number of ether oxygens (including phenoxy) is 1. The number of carbonyl (C=O) groups excluding carboxylic acids is 2. The molecular formula is C19H25Cl2N3O3. The molecule has 0 spiro atoms. The zero-order chi connectivity index (χ0) is 18.3. The van der Waals surface area contributed by atoms with Crippen LogP contribution >= 0.6 is 24.0 Å². The van der Waals surface area contributed by atoms with Gasteiger partial charge < -0.3 is 20.7 Å². The molecule has 0 saturated carbocycles. The third-order valence-corrected chi connectivity index (χ3v) is 6.09. The molecule has 2 saturated heterocycles. The minimum atomic E-state index is -0.349. The van der Waals surface area contributed by atoms with E-state index in [1.807, 2.05) is 17.0 Å². The third kappa shape index (κ3) is 3.94. The Hall–Kier alpha value is -1.34. The summed E-state index contributed by atoms with van der Waals surface area (Å²) in [6.45, 7) is 1.80. The van der Waals surface area contributed by atoms with E-state index in [-0.39, 0.29) is 48.3 Å². The van der Waals surface area contributed by atoms with Crippen molar-refractivity contribution in [3.05, 3.63) is 28.8 Å². The summed E-state index contributed by atoms with van der Waals surface area (Å²) in [6.07, 6.45) is 2.90. The van der Waals surface area contributed by atoms with Gasteiger partial charge in [0, 0.05) is 30.3 Å². The highest BCUT2D eigenvalue weighted by atomic mass is 35.5. The molecule has 27 heavy (non-hydrogen) atoms. The van der Waals surface area contributed by atoms with Crippen LogP contribution in [0.25, 0.3) is 0 Å². The van der Waals surface area contributed by atoms with Crippen LogP contribution in [-0.2, 0) is 14.3 Å². The van der Waals surface area contributed by atoms with E-state index in [2.05, 4.69) is 5.32 Å². The molecule has 3 N–H and O–H groups in total. The molecule has 0 aliphatic carbocycles. The number of carbonyl (C=O) groups is 2. The summed E-state index contributed by atoms with van der Waals surface area (Å²) in [6, 6.07) is 5.58. The van der Waals surface area contributed by atoms with E-state index in [1.54, 1.807) is 6.07 Å². The molecule has 1 aromatic rings. The van der Waals surface area contributed by atoms with Crippen molar-refractivity contribution in [3.8, 4) is 0 Å². The van der Waals surface area contributed by atoms with Crippen molar-refractivity contribution in [1.82, 2.24) is 4.90 Å². The topological polar surface area (TPSA) is 84.7 Å². The first-order valence-electron chi connectivity index (χ1n) is 9.31. The van der Waals surface area contributed by atoms with Gasteiger partial charge in [0.15, 0.2) is 0 Å². The number of hydrogen-bond acceptors (Lipinski definition) is 4. The van der Waals surface area contributed by atoms with Crippen LogP contribution in [0.5, 0.6) is 0 Å². The minimum absolute atomic E-state index is 0. The van der Waals surface area contributed by atoms with E-state index in [0.29, 0.717) is 24.7 Å². The lowest BCUT2D eigenvalue weighted by Gasteiger charge is -2.35. The lowest BCUT2D eigenvalue weighted by molar-refractivity contribution is -0.144. The molecule has 6 nitrogen and oxygen atoms in total. The van der Waals surface area contributed by atoms with Crippen molar-refractivity contribution in [1.29, 1.82) is 0 Å². The molecule has 0 radical (unpaired) electrons. The Morgan fingerprint density at radius 2 is 2.00 bits per heavy atom. The van der Waals surface area contributed by atoms with Crippen molar-refractivity contribution in [2.75, 3.05) is 25.0 Å². The second-order valence-corrected chi connectivity index (χ2v) is 7.86. The van der Waals surface area contributed by atoms with Crippen molar-refractivity contribution >= 4 is 41.5 Å². The van der Waals surface area contributed by atoms with Gasteiger partial charge in [-0.15, -0.1) is 12.4 Å². The van der Waals surface area contributed by atoms with Crippen LogP contribution in [0.1, 0.15) is 37.2 Å². The first-order valence-corrected chi connectivity index (χ1v) is 9.69. The summed E-state index contributed by atoms with van der Waals surface area (Å²) in [5.74, 6) is 0.200. The van der Waals surface area contributed by atoms with Gasteiger partial charge in [0.2, 0.25) is 5.91 Å². The third-order valence-electron chi connectivity index (χ3n) is 5.86. The molecule has 4 rings (SSSR count). The molecule has 3 atom stereocenters. The fourth-order valence-corrected chi connectivity index (χ4v) is 4.62. The van der Waals surface area contributed by atoms with E-state index in [9.17, 15) is 9.59 Å². The molecule has 0 aromatic heterocycles. The molecule has 3 heterocycles. The van der Waals surface area contributed by atoms with Gasteiger partial charge in [-0.05, 0) is 49.3 Å². The van der Waals surface area contributed by atoms with Crippen molar-refractivity contribution in [2.45, 2.75) is 43.8 Å². The van der Waals surface area contributed by atoms with Gasteiger partial charge in [-0.25, -0.2) is 0 Å².